The SMILES string of the molecule is C=C/C(=C\C)c1cccc2c1oc1ccccc12. The Morgan fingerprint density at radius 3 is 2.61 bits per heavy atom. The number of allylic oxidation sites excluding steroid dienone is 3. The molecule has 2 aromatic carbocycles. The average Bonchev–Trinajstić information content (AvgIpc) is 2.80. The number of hydrogen-bond donors (Lipinski definition) is 0. The van der Waals surface area contributed by atoms with Crippen molar-refractivity contribution in [3.63, 3.8) is 0 Å². The van der Waals surface area contributed by atoms with Gasteiger partial charge in [-0.15, -0.1) is 0 Å². The van der Waals surface area contributed by atoms with Crippen LogP contribution in [0.5, 0.6) is 0 Å². The third kappa shape index (κ3) is 1.48. The first-order valence-electron chi connectivity index (χ1n) is 6.04. The number of para-hydroxylation sites is 2. The van der Waals surface area contributed by atoms with Crippen LogP contribution in [0, 0.1) is 0 Å². The highest BCUT2D eigenvalue weighted by Gasteiger charge is 2.10. The first kappa shape index (κ1) is 10.8. The van der Waals surface area contributed by atoms with Crippen molar-refractivity contribution in [2.24, 2.45) is 0 Å². The Balaban J connectivity index is 2.45. The number of benzene rings is 2. The molecule has 1 heteroatoms. The lowest BCUT2D eigenvalue weighted by Gasteiger charge is -2.02. The molecule has 0 radical (unpaired) electrons. The molecule has 0 aliphatic heterocycles. The maximum Gasteiger partial charge on any atom is 0.143 e. The Morgan fingerprint density at radius 1 is 1.06 bits per heavy atom. The van der Waals surface area contributed by atoms with Crippen LogP contribution in [0.4, 0.5) is 0 Å². The molecular formula is C17H14O. The normalized spacial score (nSPS) is 12.2. The van der Waals surface area contributed by atoms with E-state index in [0.717, 1.165) is 33.1 Å². The second kappa shape index (κ2) is 4.19. The van der Waals surface area contributed by atoms with E-state index in [2.05, 4.69) is 36.9 Å². The van der Waals surface area contributed by atoms with Crippen LogP contribution in [0.2, 0.25) is 0 Å². The van der Waals surface area contributed by atoms with Crippen LogP contribution in [-0.4, -0.2) is 0 Å². The van der Waals surface area contributed by atoms with Crippen molar-refractivity contribution in [3.05, 3.63) is 66.8 Å². The fourth-order valence-electron chi connectivity index (χ4n) is 2.36. The highest BCUT2D eigenvalue weighted by Crippen LogP contribution is 2.33. The summed E-state index contributed by atoms with van der Waals surface area (Å²) < 4.78 is 5.98. The minimum absolute atomic E-state index is 0.930. The van der Waals surface area contributed by atoms with E-state index in [9.17, 15) is 0 Å². The van der Waals surface area contributed by atoms with E-state index in [1.165, 1.54) is 0 Å². The van der Waals surface area contributed by atoms with Gasteiger partial charge in [0.05, 0.1) is 0 Å². The summed E-state index contributed by atoms with van der Waals surface area (Å²) in [6.07, 6.45) is 3.91. The van der Waals surface area contributed by atoms with Gasteiger partial charge in [0.25, 0.3) is 0 Å². The minimum Gasteiger partial charge on any atom is -0.455 e. The number of fused-ring (bicyclic) bond motifs is 3. The van der Waals surface area contributed by atoms with Crippen molar-refractivity contribution in [2.75, 3.05) is 0 Å². The third-order valence-electron chi connectivity index (χ3n) is 3.25. The highest BCUT2D eigenvalue weighted by molar-refractivity contribution is 6.08. The molecular weight excluding hydrogens is 220 g/mol. The van der Waals surface area contributed by atoms with Gasteiger partial charge in [-0.3, -0.25) is 0 Å². The lowest BCUT2D eigenvalue weighted by atomic mass is 10.0. The quantitative estimate of drug-likeness (QED) is 0.557. The summed E-state index contributed by atoms with van der Waals surface area (Å²) in [5.41, 5.74) is 4.06. The largest absolute Gasteiger partial charge is 0.455 e. The van der Waals surface area contributed by atoms with Crippen LogP contribution in [0.3, 0.4) is 0 Å². The smallest absolute Gasteiger partial charge is 0.143 e. The second-order valence-electron chi connectivity index (χ2n) is 4.23. The van der Waals surface area contributed by atoms with Gasteiger partial charge < -0.3 is 4.42 Å². The van der Waals surface area contributed by atoms with Gasteiger partial charge in [0, 0.05) is 16.3 Å². The Hall–Kier alpha value is -2.28. The van der Waals surface area contributed by atoms with Crippen molar-refractivity contribution >= 4 is 27.5 Å². The lowest BCUT2D eigenvalue weighted by Crippen LogP contribution is -1.80. The van der Waals surface area contributed by atoms with Gasteiger partial charge in [-0.05, 0) is 18.6 Å². The molecule has 3 aromatic rings. The first-order valence-corrected chi connectivity index (χ1v) is 6.04. The van der Waals surface area contributed by atoms with Crippen molar-refractivity contribution < 1.29 is 4.42 Å². The van der Waals surface area contributed by atoms with Crippen LogP contribution in [-0.2, 0) is 0 Å². The number of furan rings is 1. The maximum atomic E-state index is 5.98. The first-order chi connectivity index (χ1) is 8.85. The molecule has 0 aliphatic carbocycles. The zero-order chi connectivity index (χ0) is 12.5. The predicted octanol–water partition coefficient (Wildman–Crippen LogP) is 5.18. The zero-order valence-electron chi connectivity index (χ0n) is 10.3. The molecule has 0 aliphatic rings. The van der Waals surface area contributed by atoms with Crippen molar-refractivity contribution in [1.29, 1.82) is 0 Å². The van der Waals surface area contributed by atoms with Gasteiger partial charge in [-0.25, -0.2) is 0 Å². The molecule has 0 N–H and O–H groups in total. The molecule has 3 rings (SSSR count). The van der Waals surface area contributed by atoms with Crippen molar-refractivity contribution in [1.82, 2.24) is 0 Å². The van der Waals surface area contributed by atoms with E-state index in [1.807, 2.05) is 31.2 Å². The third-order valence-corrected chi connectivity index (χ3v) is 3.25. The van der Waals surface area contributed by atoms with E-state index in [4.69, 9.17) is 4.42 Å². The summed E-state index contributed by atoms with van der Waals surface area (Å²) in [6.45, 7) is 5.87. The maximum absolute atomic E-state index is 5.98. The molecule has 0 fully saturated rings. The van der Waals surface area contributed by atoms with Gasteiger partial charge in [0.1, 0.15) is 11.2 Å². The summed E-state index contributed by atoms with van der Waals surface area (Å²) in [5, 5.41) is 2.32. The Labute approximate surface area is 106 Å². The minimum atomic E-state index is 0.930. The van der Waals surface area contributed by atoms with E-state index < -0.39 is 0 Å². The van der Waals surface area contributed by atoms with E-state index in [0.29, 0.717) is 0 Å². The van der Waals surface area contributed by atoms with Crippen LogP contribution >= 0.6 is 0 Å². The van der Waals surface area contributed by atoms with E-state index in [1.54, 1.807) is 0 Å². The predicted molar refractivity (Wildman–Crippen MR) is 77.6 cm³/mol. The molecule has 0 saturated heterocycles. The van der Waals surface area contributed by atoms with Crippen molar-refractivity contribution in [2.45, 2.75) is 6.92 Å². The molecule has 88 valence electrons. The molecule has 0 saturated carbocycles. The van der Waals surface area contributed by atoms with Gasteiger partial charge in [-0.2, -0.15) is 0 Å². The fraction of sp³-hybridized carbons (Fsp3) is 0.0588. The van der Waals surface area contributed by atoms with Crippen LogP contribution in [0.25, 0.3) is 27.5 Å². The molecule has 18 heavy (non-hydrogen) atoms. The van der Waals surface area contributed by atoms with Gasteiger partial charge in [-0.1, -0.05) is 55.1 Å². The van der Waals surface area contributed by atoms with Gasteiger partial charge >= 0.3 is 0 Å². The number of rotatable bonds is 2. The molecule has 0 amide bonds. The zero-order valence-corrected chi connectivity index (χ0v) is 10.3. The summed E-state index contributed by atoms with van der Waals surface area (Å²) >= 11 is 0. The summed E-state index contributed by atoms with van der Waals surface area (Å²) in [5.74, 6) is 0. The highest BCUT2D eigenvalue weighted by atomic mass is 16.3. The summed E-state index contributed by atoms with van der Waals surface area (Å²) in [6, 6.07) is 14.4. The second-order valence-corrected chi connectivity index (χ2v) is 4.23. The average molecular weight is 234 g/mol. The standard InChI is InChI=1S/C17H14O/c1-3-12(4-2)13-9-7-10-15-14-8-5-6-11-16(14)18-17(13)15/h3-11H,1H2,2H3/b12-4+. The monoisotopic (exact) mass is 234 g/mol. The molecule has 1 nitrogen and oxygen atoms in total. The summed E-state index contributed by atoms with van der Waals surface area (Å²) in [4.78, 5) is 0. The Kier molecular flexibility index (Phi) is 2.52. The molecule has 1 aromatic heterocycles. The molecule has 0 spiro atoms. The number of hydrogen-bond acceptors (Lipinski definition) is 1. The molecule has 1 heterocycles. The Morgan fingerprint density at radius 2 is 1.83 bits per heavy atom. The molecule has 0 bridgehead atoms. The molecule has 0 atom stereocenters. The summed E-state index contributed by atoms with van der Waals surface area (Å²) in [7, 11) is 0. The Bertz CT molecular complexity index is 759. The van der Waals surface area contributed by atoms with E-state index in [-0.39, 0.29) is 0 Å². The fourth-order valence-corrected chi connectivity index (χ4v) is 2.36. The lowest BCUT2D eigenvalue weighted by molar-refractivity contribution is 0.668. The van der Waals surface area contributed by atoms with Crippen molar-refractivity contribution in [3.8, 4) is 0 Å². The van der Waals surface area contributed by atoms with Crippen LogP contribution in [0.15, 0.2) is 65.6 Å². The van der Waals surface area contributed by atoms with Crippen LogP contribution in [0.1, 0.15) is 12.5 Å². The van der Waals surface area contributed by atoms with Gasteiger partial charge in [0.2, 0.25) is 0 Å². The topological polar surface area (TPSA) is 13.1 Å². The van der Waals surface area contributed by atoms with Gasteiger partial charge in [0.15, 0.2) is 0 Å². The van der Waals surface area contributed by atoms with Crippen LogP contribution < -0.4 is 0 Å². The molecule has 0 unspecified atom stereocenters. The van der Waals surface area contributed by atoms with E-state index >= 15 is 0 Å².